The van der Waals surface area contributed by atoms with E-state index in [9.17, 15) is 4.79 Å². The number of nitrogens with one attached hydrogen (secondary N) is 2. The predicted octanol–water partition coefficient (Wildman–Crippen LogP) is 1.63. The number of amides is 2. The highest BCUT2D eigenvalue weighted by atomic mass is 16.5. The molecule has 0 aliphatic carbocycles. The van der Waals surface area contributed by atoms with Crippen molar-refractivity contribution in [1.29, 1.82) is 0 Å². The van der Waals surface area contributed by atoms with Gasteiger partial charge >= 0.3 is 6.03 Å². The number of carbonyl (C=O) groups is 1. The summed E-state index contributed by atoms with van der Waals surface area (Å²) in [6.07, 6.45) is 2.19. The first-order valence-corrected chi connectivity index (χ1v) is 7.61. The number of rotatable bonds is 8. The molecule has 21 heavy (non-hydrogen) atoms. The minimum absolute atomic E-state index is 0.00704. The fraction of sp³-hybridized carbons (Fsp3) is 0.562. The zero-order valence-corrected chi connectivity index (χ0v) is 12.9. The van der Waals surface area contributed by atoms with Gasteiger partial charge in [-0.2, -0.15) is 0 Å². The smallest absolute Gasteiger partial charge is 0.317 e. The van der Waals surface area contributed by atoms with Crippen molar-refractivity contribution in [3.63, 3.8) is 0 Å². The minimum atomic E-state index is 0.00704. The zero-order chi connectivity index (χ0) is 15.1. The normalized spacial score (nSPS) is 15.9. The van der Waals surface area contributed by atoms with Gasteiger partial charge in [-0.05, 0) is 44.5 Å². The Bertz CT molecular complexity index is 447. The highest BCUT2D eigenvalue weighted by Gasteiger charge is 2.18. The molecule has 0 radical (unpaired) electrons. The monoisotopic (exact) mass is 291 g/mol. The Morgan fingerprint density at radius 1 is 1.38 bits per heavy atom. The summed E-state index contributed by atoms with van der Waals surface area (Å²) in [4.78, 5) is 13.1. The maximum Gasteiger partial charge on any atom is 0.317 e. The summed E-state index contributed by atoms with van der Waals surface area (Å²) in [7, 11) is 1.99. The molecule has 1 aliphatic rings. The second-order valence-corrected chi connectivity index (χ2v) is 5.44. The topological polar surface area (TPSA) is 53.6 Å². The highest BCUT2D eigenvalue weighted by molar-refractivity contribution is 5.76. The van der Waals surface area contributed by atoms with Crippen molar-refractivity contribution in [1.82, 2.24) is 15.5 Å². The number of hydrogen-bond acceptors (Lipinski definition) is 3. The number of urea groups is 1. The molecule has 1 fully saturated rings. The summed E-state index contributed by atoms with van der Waals surface area (Å²) < 4.78 is 5.68. The van der Waals surface area contributed by atoms with E-state index in [2.05, 4.69) is 29.7 Å². The van der Waals surface area contributed by atoms with Crippen molar-refractivity contribution >= 4 is 6.03 Å². The third-order valence-corrected chi connectivity index (χ3v) is 3.86. The van der Waals surface area contributed by atoms with E-state index in [0.29, 0.717) is 19.2 Å². The quantitative estimate of drug-likeness (QED) is 0.765. The van der Waals surface area contributed by atoms with Crippen LogP contribution in [0.3, 0.4) is 0 Å². The fourth-order valence-electron chi connectivity index (χ4n) is 2.28. The van der Waals surface area contributed by atoms with Crippen LogP contribution < -0.4 is 15.4 Å². The molecule has 1 aliphatic heterocycles. The van der Waals surface area contributed by atoms with Crippen molar-refractivity contribution in [2.75, 3.05) is 33.3 Å². The lowest BCUT2D eigenvalue weighted by Crippen LogP contribution is -2.31. The van der Waals surface area contributed by atoms with E-state index in [1.54, 1.807) is 4.90 Å². The molecule has 2 N–H and O–H groups in total. The van der Waals surface area contributed by atoms with Gasteiger partial charge in [0.1, 0.15) is 12.4 Å². The maximum absolute atomic E-state index is 11.4. The number of aryl methyl sites for hydroxylation is 1. The van der Waals surface area contributed by atoms with E-state index >= 15 is 0 Å². The third kappa shape index (κ3) is 4.93. The van der Waals surface area contributed by atoms with Crippen molar-refractivity contribution in [3.05, 3.63) is 29.8 Å². The largest absolute Gasteiger partial charge is 0.492 e. The molecule has 1 aromatic carbocycles. The Hall–Kier alpha value is -1.75. The highest BCUT2D eigenvalue weighted by Crippen LogP contribution is 2.14. The number of carbonyl (C=O) groups excluding carboxylic acids is 1. The third-order valence-electron chi connectivity index (χ3n) is 3.86. The number of nitrogens with zero attached hydrogens (tertiary/aromatic N) is 1. The van der Waals surface area contributed by atoms with Crippen molar-refractivity contribution in [3.8, 4) is 5.75 Å². The van der Waals surface area contributed by atoms with Gasteiger partial charge in [-0.25, -0.2) is 4.79 Å². The lowest BCUT2D eigenvalue weighted by Gasteiger charge is -2.14. The molecular formula is C16H25N3O2. The second kappa shape index (κ2) is 7.88. The summed E-state index contributed by atoms with van der Waals surface area (Å²) in [6.45, 7) is 4.85. The van der Waals surface area contributed by atoms with Crippen LogP contribution in [0, 0.1) is 0 Å². The Kier molecular flexibility index (Phi) is 5.87. The first-order chi connectivity index (χ1) is 10.2. The molecule has 2 amide bonds. The Morgan fingerprint density at radius 2 is 2.14 bits per heavy atom. The molecule has 0 aromatic heterocycles. The van der Waals surface area contributed by atoms with Gasteiger partial charge in [-0.15, -0.1) is 0 Å². The SMILES string of the molecule is CNC(C)CCc1ccc(OCCN2CCNC2=O)cc1. The van der Waals surface area contributed by atoms with Gasteiger partial charge in [0, 0.05) is 19.1 Å². The molecule has 2 rings (SSSR count). The lowest BCUT2D eigenvalue weighted by molar-refractivity contribution is 0.202. The zero-order valence-electron chi connectivity index (χ0n) is 12.9. The van der Waals surface area contributed by atoms with Gasteiger partial charge in [-0.1, -0.05) is 12.1 Å². The summed E-state index contributed by atoms with van der Waals surface area (Å²) >= 11 is 0. The first-order valence-electron chi connectivity index (χ1n) is 7.61. The summed E-state index contributed by atoms with van der Waals surface area (Å²) in [5.41, 5.74) is 1.32. The Morgan fingerprint density at radius 3 is 2.76 bits per heavy atom. The molecule has 1 unspecified atom stereocenters. The van der Waals surface area contributed by atoms with E-state index < -0.39 is 0 Å². The van der Waals surface area contributed by atoms with Crippen molar-refractivity contribution in [2.24, 2.45) is 0 Å². The molecule has 1 heterocycles. The molecule has 1 saturated heterocycles. The molecule has 0 bridgehead atoms. The molecular weight excluding hydrogens is 266 g/mol. The Balaban J connectivity index is 1.70. The van der Waals surface area contributed by atoms with E-state index in [0.717, 1.165) is 31.7 Å². The molecule has 5 nitrogen and oxygen atoms in total. The van der Waals surface area contributed by atoms with Crippen LogP contribution in [0.4, 0.5) is 4.79 Å². The number of benzene rings is 1. The molecule has 0 spiro atoms. The minimum Gasteiger partial charge on any atom is -0.492 e. The fourth-order valence-corrected chi connectivity index (χ4v) is 2.28. The number of hydrogen-bond donors (Lipinski definition) is 2. The van der Waals surface area contributed by atoms with Crippen LogP contribution in [0.15, 0.2) is 24.3 Å². The summed E-state index contributed by atoms with van der Waals surface area (Å²) in [5.74, 6) is 0.861. The number of ether oxygens (including phenoxy) is 1. The van der Waals surface area contributed by atoms with Crippen LogP contribution >= 0.6 is 0 Å². The van der Waals surface area contributed by atoms with E-state index in [1.165, 1.54) is 5.56 Å². The van der Waals surface area contributed by atoms with Gasteiger partial charge in [0.25, 0.3) is 0 Å². The predicted molar refractivity (Wildman–Crippen MR) is 83.8 cm³/mol. The van der Waals surface area contributed by atoms with Gasteiger partial charge in [-0.3, -0.25) is 0 Å². The van der Waals surface area contributed by atoms with Gasteiger partial charge < -0.3 is 20.3 Å². The average Bonchev–Trinajstić information content (AvgIpc) is 2.91. The summed E-state index contributed by atoms with van der Waals surface area (Å²) in [5, 5.41) is 6.02. The second-order valence-electron chi connectivity index (χ2n) is 5.44. The van der Waals surface area contributed by atoms with E-state index in [-0.39, 0.29) is 6.03 Å². The van der Waals surface area contributed by atoms with E-state index in [4.69, 9.17) is 4.74 Å². The van der Waals surface area contributed by atoms with Crippen LogP contribution in [0.5, 0.6) is 5.75 Å². The van der Waals surface area contributed by atoms with E-state index in [1.807, 2.05) is 19.2 Å². The van der Waals surface area contributed by atoms with Gasteiger partial charge in [0.05, 0.1) is 6.54 Å². The molecule has 1 atom stereocenters. The average molecular weight is 291 g/mol. The molecule has 5 heteroatoms. The van der Waals surface area contributed by atoms with Crippen molar-refractivity contribution < 1.29 is 9.53 Å². The van der Waals surface area contributed by atoms with Crippen molar-refractivity contribution in [2.45, 2.75) is 25.8 Å². The standard InChI is InChI=1S/C16H25N3O2/c1-13(17-2)3-4-14-5-7-15(8-6-14)21-12-11-19-10-9-18-16(19)20/h5-8,13,17H,3-4,9-12H2,1-2H3,(H,18,20). The molecule has 1 aromatic rings. The lowest BCUT2D eigenvalue weighted by atomic mass is 10.1. The summed E-state index contributed by atoms with van der Waals surface area (Å²) in [6, 6.07) is 8.77. The van der Waals surface area contributed by atoms with Crippen LogP contribution in [0.25, 0.3) is 0 Å². The first kappa shape index (κ1) is 15.6. The van der Waals surface area contributed by atoms with Crippen LogP contribution in [-0.2, 0) is 6.42 Å². The Labute approximate surface area is 126 Å². The van der Waals surface area contributed by atoms with Crippen LogP contribution in [-0.4, -0.2) is 50.3 Å². The van der Waals surface area contributed by atoms with Gasteiger partial charge in [0.15, 0.2) is 0 Å². The van der Waals surface area contributed by atoms with Crippen LogP contribution in [0.1, 0.15) is 18.9 Å². The van der Waals surface area contributed by atoms with Gasteiger partial charge in [0.2, 0.25) is 0 Å². The molecule has 0 saturated carbocycles. The molecule has 116 valence electrons. The maximum atomic E-state index is 11.4. The van der Waals surface area contributed by atoms with Crippen LogP contribution in [0.2, 0.25) is 0 Å².